The molecular weight excluding hydrogens is 695 g/mol. The highest BCUT2D eigenvalue weighted by molar-refractivity contribution is 6.07. The summed E-state index contributed by atoms with van der Waals surface area (Å²) in [7, 11) is 1.25. The maximum absolute atomic E-state index is 13.6. The van der Waals surface area contributed by atoms with Gasteiger partial charge >= 0.3 is 6.09 Å². The minimum absolute atomic E-state index is 0.107. The first-order valence-corrected chi connectivity index (χ1v) is 19.1. The Morgan fingerprint density at radius 1 is 1.00 bits per heavy atom. The molecule has 0 saturated carbocycles. The molecule has 1 aliphatic heterocycles. The third kappa shape index (κ3) is 7.74. The van der Waals surface area contributed by atoms with Gasteiger partial charge in [0, 0.05) is 35.9 Å². The van der Waals surface area contributed by atoms with Gasteiger partial charge in [0.25, 0.3) is 0 Å². The summed E-state index contributed by atoms with van der Waals surface area (Å²) >= 11 is 0. The van der Waals surface area contributed by atoms with E-state index in [4.69, 9.17) is 25.9 Å². The number of hydrogen-bond donors (Lipinski definition) is 3. The Balaban J connectivity index is 1.28. The van der Waals surface area contributed by atoms with Gasteiger partial charge in [-0.15, -0.1) is 12.3 Å². The molecule has 0 unspecified atom stereocenters. The number of amides is 3. The standard InChI is InChI=1S/C43H51N7O5/c1-10-13-38(51)50(25(5)12-3)28(8)40-44-21-36(47-40)30-14-16-32-31(18-30)23-55-37-20-33-29(19-34(32)37)15-17-35-39(33)48-41(46-35)27(7)49(22-24(4)11-2)42(52)26(6)45-43(53)54-9/h2,14-21,24-28H,10,12-13,22-23H2,1,3-9H3,(H,44,47)(H,45,53)(H,46,48)/t24-,25+,26+,27+,28+/m1/s1. The lowest BCUT2D eigenvalue weighted by Crippen LogP contribution is -2.49. The fourth-order valence-electron chi connectivity index (χ4n) is 7.36. The van der Waals surface area contributed by atoms with Gasteiger partial charge in [0.15, 0.2) is 0 Å². The highest BCUT2D eigenvalue weighted by atomic mass is 16.5. The molecule has 0 aliphatic carbocycles. The van der Waals surface area contributed by atoms with Crippen LogP contribution < -0.4 is 10.1 Å². The summed E-state index contributed by atoms with van der Waals surface area (Å²) in [5, 5.41) is 4.48. The highest BCUT2D eigenvalue weighted by Gasteiger charge is 2.31. The van der Waals surface area contributed by atoms with Crippen molar-refractivity contribution in [3.8, 4) is 40.5 Å². The molecule has 2 aromatic heterocycles. The van der Waals surface area contributed by atoms with Crippen molar-refractivity contribution < 1.29 is 23.9 Å². The third-order valence-electron chi connectivity index (χ3n) is 10.7. The van der Waals surface area contributed by atoms with Crippen molar-refractivity contribution in [3.63, 3.8) is 0 Å². The largest absolute Gasteiger partial charge is 0.488 e. The second-order valence-electron chi connectivity index (χ2n) is 14.6. The Morgan fingerprint density at radius 3 is 2.49 bits per heavy atom. The van der Waals surface area contributed by atoms with E-state index in [1.807, 2.05) is 50.9 Å². The number of imidazole rings is 2. The number of nitrogens with zero attached hydrogens (tertiary/aromatic N) is 4. The average Bonchev–Trinajstić information content (AvgIpc) is 3.87. The van der Waals surface area contributed by atoms with Crippen LogP contribution in [0.3, 0.4) is 0 Å². The number of carbonyl (C=O) groups excluding carboxylic acids is 3. The molecule has 1 aliphatic rings. The van der Waals surface area contributed by atoms with Crippen LogP contribution in [0.15, 0.2) is 48.7 Å². The van der Waals surface area contributed by atoms with E-state index in [-0.39, 0.29) is 36.4 Å². The van der Waals surface area contributed by atoms with Gasteiger partial charge in [-0.05, 0) is 93.8 Å². The second-order valence-corrected chi connectivity index (χ2v) is 14.6. The lowest BCUT2D eigenvalue weighted by atomic mass is 9.92. The first-order valence-electron chi connectivity index (χ1n) is 19.1. The average molecular weight is 746 g/mol. The van der Waals surface area contributed by atoms with Crippen molar-refractivity contribution >= 4 is 39.7 Å². The Kier molecular flexibility index (Phi) is 11.5. The summed E-state index contributed by atoms with van der Waals surface area (Å²) in [6.45, 7) is 14.3. The van der Waals surface area contributed by atoms with Gasteiger partial charge in [-0.25, -0.2) is 14.8 Å². The number of hydrogen-bond acceptors (Lipinski definition) is 7. The van der Waals surface area contributed by atoms with Crippen LogP contribution in [-0.4, -0.2) is 73.4 Å². The van der Waals surface area contributed by atoms with Crippen LogP contribution in [0.25, 0.3) is 44.2 Å². The molecule has 5 aromatic rings. The van der Waals surface area contributed by atoms with Gasteiger partial charge in [0.05, 0.1) is 42.1 Å². The summed E-state index contributed by atoms with van der Waals surface area (Å²) in [5.41, 5.74) is 6.61. The van der Waals surface area contributed by atoms with Crippen LogP contribution in [0.1, 0.15) is 97.0 Å². The minimum Gasteiger partial charge on any atom is -0.488 e. The van der Waals surface area contributed by atoms with Crippen molar-refractivity contribution in [1.29, 1.82) is 0 Å². The maximum Gasteiger partial charge on any atom is 0.407 e. The van der Waals surface area contributed by atoms with E-state index < -0.39 is 18.2 Å². The lowest BCUT2D eigenvalue weighted by molar-refractivity contribution is -0.136. The van der Waals surface area contributed by atoms with Crippen LogP contribution in [0.2, 0.25) is 0 Å². The fourth-order valence-corrected chi connectivity index (χ4v) is 7.36. The molecule has 55 heavy (non-hydrogen) atoms. The summed E-state index contributed by atoms with van der Waals surface area (Å²) in [4.78, 5) is 58.7. The number of fused-ring (bicyclic) bond motifs is 6. The number of nitrogens with one attached hydrogen (secondary N) is 3. The molecule has 12 heteroatoms. The summed E-state index contributed by atoms with van der Waals surface area (Å²) < 4.78 is 11.1. The smallest absolute Gasteiger partial charge is 0.407 e. The van der Waals surface area contributed by atoms with Gasteiger partial charge in [-0.2, -0.15) is 0 Å². The summed E-state index contributed by atoms with van der Waals surface area (Å²) in [6, 6.07) is 13.2. The highest BCUT2D eigenvalue weighted by Crippen LogP contribution is 2.43. The number of methoxy groups -OCH3 is 1. The molecule has 3 amide bonds. The molecule has 0 fully saturated rings. The normalized spacial score (nSPS) is 14.7. The van der Waals surface area contributed by atoms with Gasteiger partial charge in [-0.1, -0.05) is 32.0 Å². The molecule has 288 valence electrons. The number of aromatic amines is 2. The van der Waals surface area contributed by atoms with E-state index in [1.165, 1.54) is 7.11 Å². The van der Waals surface area contributed by atoms with Crippen molar-refractivity contribution in [2.24, 2.45) is 5.92 Å². The number of alkyl carbamates (subject to hydrolysis) is 1. The Morgan fingerprint density at radius 2 is 1.78 bits per heavy atom. The van der Waals surface area contributed by atoms with Crippen molar-refractivity contribution in [1.82, 2.24) is 35.1 Å². The SMILES string of the molecule is C#C[C@@H](C)CN(C(=O)[C@H](C)NC(=O)OC)[C@@H](C)c1nc2c(ccc3cc4c(cc32)OCc2cc(-c3cnc([C@H](C)N(C(=O)CCC)[C@@H](C)CC)[nH]3)ccc2-4)[nH]1. The fraction of sp³-hybridized carbons (Fsp3) is 0.419. The van der Waals surface area contributed by atoms with Crippen molar-refractivity contribution in [3.05, 3.63) is 65.9 Å². The topological polar surface area (TPSA) is 146 Å². The van der Waals surface area contributed by atoms with Crippen LogP contribution in [-0.2, 0) is 20.9 Å². The van der Waals surface area contributed by atoms with Crippen LogP contribution in [0, 0.1) is 18.3 Å². The zero-order chi connectivity index (χ0) is 39.6. The molecule has 3 N–H and O–H groups in total. The number of carbonyl (C=O) groups is 3. The second kappa shape index (κ2) is 16.3. The van der Waals surface area contributed by atoms with E-state index in [9.17, 15) is 14.4 Å². The molecule has 3 aromatic carbocycles. The van der Waals surface area contributed by atoms with Gasteiger partial charge < -0.3 is 34.6 Å². The summed E-state index contributed by atoms with van der Waals surface area (Å²) in [6.07, 6.45) is 9.04. The first kappa shape index (κ1) is 38.9. The number of rotatable bonds is 13. The first-order chi connectivity index (χ1) is 26.4. The molecule has 6 rings (SSSR count). The van der Waals surface area contributed by atoms with E-state index in [0.29, 0.717) is 18.9 Å². The zero-order valence-corrected chi connectivity index (χ0v) is 32.9. The number of aromatic nitrogens is 4. The monoisotopic (exact) mass is 745 g/mol. The van der Waals surface area contributed by atoms with Gasteiger partial charge in [-0.3, -0.25) is 9.59 Å². The van der Waals surface area contributed by atoms with E-state index in [1.54, 1.807) is 11.8 Å². The summed E-state index contributed by atoms with van der Waals surface area (Å²) in [5.74, 6) is 4.44. The molecule has 0 radical (unpaired) electrons. The molecule has 12 nitrogen and oxygen atoms in total. The van der Waals surface area contributed by atoms with Crippen LogP contribution >= 0.6 is 0 Å². The minimum atomic E-state index is -0.832. The number of benzene rings is 3. The Hall–Kier alpha value is -5.83. The van der Waals surface area contributed by atoms with Gasteiger partial charge in [0.2, 0.25) is 11.8 Å². The van der Waals surface area contributed by atoms with E-state index in [0.717, 1.165) is 74.2 Å². The third-order valence-corrected chi connectivity index (χ3v) is 10.7. The number of H-pyrrole nitrogens is 2. The molecule has 0 spiro atoms. The zero-order valence-electron chi connectivity index (χ0n) is 32.9. The molecule has 3 heterocycles. The van der Waals surface area contributed by atoms with Crippen LogP contribution in [0.5, 0.6) is 5.75 Å². The Bertz CT molecular complexity index is 2270. The quantitative estimate of drug-likeness (QED) is 0.103. The maximum atomic E-state index is 13.6. The molecule has 0 bridgehead atoms. The van der Waals surface area contributed by atoms with E-state index in [2.05, 4.69) is 65.4 Å². The van der Waals surface area contributed by atoms with Crippen LogP contribution in [0.4, 0.5) is 4.79 Å². The Labute approximate surface area is 322 Å². The predicted molar refractivity (Wildman–Crippen MR) is 214 cm³/mol. The van der Waals surface area contributed by atoms with Crippen molar-refractivity contribution in [2.75, 3.05) is 13.7 Å². The van der Waals surface area contributed by atoms with Gasteiger partial charge in [0.1, 0.15) is 30.0 Å². The predicted octanol–water partition coefficient (Wildman–Crippen LogP) is 8.06. The number of terminal acetylenes is 1. The number of ether oxygens (including phenoxy) is 2. The van der Waals surface area contributed by atoms with E-state index >= 15 is 0 Å². The molecule has 5 atom stereocenters. The lowest BCUT2D eigenvalue weighted by Gasteiger charge is -2.33. The molecule has 0 saturated heterocycles. The molecular formula is C43H51N7O5. The van der Waals surface area contributed by atoms with Crippen molar-refractivity contribution in [2.45, 2.75) is 98.5 Å².